The van der Waals surface area contributed by atoms with Crippen LogP contribution in [-0.4, -0.2) is 40.8 Å². The van der Waals surface area contributed by atoms with E-state index < -0.39 is 0 Å². The Morgan fingerprint density at radius 2 is 2.17 bits per heavy atom. The van der Waals surface area contributed by atoms with Crippen LogP contribution >= 0.6 is 11.3 Å². The van der Waals surface area contributed by atoms with E-state index in [-0.39, 0.29) is 12.1 Å². The van der Waals surface area contributed by atoms with Crippen molar-refractivity contribution >= 4 is 22.5 Å². The lowest BCUT2D eigenvalue weighted by atomic mass is 10.2. The van der Waals surface area contributed by atoms with Crippen LogP contribution in [0.3, 0.4) is 0 Å². The van der Waals surface area contributed by atoms with Gasteiger partial charge in [0.2, 0.25) is 5.13 Å². The Kier molecular flexibility index (Phi) is 5.47. The number of nitrogens with zero attached hydrogens (tertiary/aromatic N) is 3. The molecule has 7 nitrogen and oxygen atoms in total. The molecule has 1 aliphatic rings. The van der Waals surface area contributed by atoms with Gasteiger partial charge in [-0.2, -0.15) is 0 Å². The number of carbonyl (C=O) groups excluding carboxylic acids is 1. The van der Waals surface area contributed by atoms with Gasteiger partial charge in [0.1, 0.15) is 10.8 Å². The van der Waals surface area contributed by atoms with Crippen LogP contribution in [0.2, 0.25) is 0 Å². The summed E-state index contributed by atoms with van der Waals surface area (Å²) < 4.78 is 5.55. The molecule has 0 saturated carbocycles. The summed E-state index contributed by atoms with van der Waals surface area (Å²) in [5, 5.41) is 15.2. The number of aromatic nitrogens is 2. The Morgan fingerprint density at radius 1 is 1.38 bits per heavy atom. The molecule has 0 radical (unpaired) electrons. The first-order chi connectivity index (χ1) is 11.6. The monoisotopic (exact) mass is 349 g/mol. The van der Waals surface area contributed by atoms with Crippen molar-refractivity contribution in [2.24, 2.45) is 0 Å². The summed E-state index contributed by atoms with van der Waals surface area (Å²) >= 11 is 1.40. The third-order valence-corrected chi connectivity index (χ3v) is 5.20. The van der Waals surface area contributed by atoms with Gasteiger partial charge in [0.15, 0.2) is 0 Å². The van der Waals surface area contributed by atoms with Crippen LogP contribution < -0.4 is 10.6 Å². The van der Waals surface area contributed by atoms with E-state index >= 15 is 0 Å². The first-order valence-corrected chi connectivity index (χ1v) is 9.11. The third-order valence-electron chi connectivity index (χ3n) is 4.06. The van der Waals surface area contributed by atoms with Crippen LogP contribution in [-0.2, 0) is 0 Å². The summed E-state index contributed by atoms with van der Waals surface area (Å²) in [6.45, 7) is 6.66. The smallest absolute Gasteiger partial charge is 0.321 e. The average molecular weight is 349 g/mol. The van der Waals surface area contributed by atoms with Crippen molar-refractivity contribution in [3.8, 4) is 0 Å². The largest absolute Gasteiger partial charge is 0.468 e. The molecule has 1 aliphatic heterocycles. The Labute approximate surface area is 145 Å². The molecule has 1 saturated heterocycles. The third kappa shape index (κ3) is 4.12. The molecule has 3 rings (SSSR count). The zero-order chi connectivity index (χ0) is 16.9. The van der Waals surface area contributed by atoms with E-state index in [9.17, 15) is 4.79 Å². The van der Waals surface area contributed by atoms with Gasteiger partial charge in [-0.25, -0.2) is 4.79 Å². The maximum atomic E-state index is 12.1. The Morgan fingerprint density at radius 3 is 2.79 bits per heavy atom. The maximum Gasteiger partial charge on any atom is 0.321 e. The van der Waals surface area contributed by atoms with Crippen molar-refractivity contribution in [3.05, 3.63) is 29.2 Å². The molecule has 8 heteroatoms. The lowest BCUT2D eigenvalue weighted by Gasteiger charge is -2.25. The molecule has 1 unspecified atom stereocenters. The fourth-order valence-electron chi connectivity index (χ4n) is 2.79. The number of urea groups is 1. The highest BCUT2D eigenvalue weighted by molar-refractivity contribution is 7.15. The van der Waals surface area contributed by atoms with Gasteiger partial charge in [-0.1, -0.05) is 25.2 Å². The zero-order valence-electron chi connectivity index (χ0n) is 14.0. The van der Waals surface area contributed by atoms with Crippen LogP contribution in [0.15, 0.2) is 22.8 Å². The second kappa shape index (κ2) is 7.76. The topological polar surface area (TPSA) is 83.3 Å². The van der Waals surface area contributed by atoms with E-state index in [1.807, 2.05) is 26.0 Å². The van der Waals surface area contributed by atoms with Crippen LogP contribution in [0.4, 0.5) is 9.93 Å². The number of hydrogen-bond donors (Lipinski definition) is 2. The molecule has 130 valence electrons. The molecule has 0 aliphatic carbocycles. The molecule has 1 fully saturated rings. The molecule has 0 bridgehead atoms. The number of nitrogens with one attached hydrogen (secondary N) is 2. The van der Waals surface area contributed by atoms with Gasteiger partial charge in [0, 0.05) is 12.5 Å². The van der Waals surface area contributed by atoms with Gasteiger partial charge in [-0.3, -0.25) is 10.2 Å². The Hall–Kier alpha value is -1.93. The van der Waals surface area contributed by atoms with Crippen molar-refractivity contribution in [1.82, 2.24) is 20.4 Å². The molecule has 1 atom stereocenters. The zero-order valence-corrected chi connectivity index (χ0v) is 14.8. The van der Waals surface area contributed by atoms with E-state index in [0.717, 1.165) is 23.9 Å². The maximum absolute atomic E-state index is 12.1. The second-order valence-corrected chi connectivity index (χ2v) is 7.22. The molecule has 3 heterocycles. The minimum atomic E-state index is -0.266. The van der Waals surface area contributed by atoms with E-state index in [4.69, 9.17) is 4.42 Å². The van der Waals surface area contributed by atoms with E-state index in [1.165, 1.54) is 24.2 Å². The van der Waals surface area contributed by atoms with Gasteiger partial charge in [0.05, 0.1) is 12.3 Å². The van der Waals surface area contributed by atoms with Crippen molar-refractivity contribution in [1.29, 1.82) is 0 Å². The highest BCUT2D eigenvalue weighted by Crippen LogP contribution is 2.25. The predicted octanol–water partition coefficient (Wildman–Crippen LogP) is 3.21. The number of furan rings is 1. The molecule has 2 aromatic rings. The lowest BCUT2D eigenvalue weighted by molar-refractivity contribution is 0.207. The molecule has 2 aromatic heterocycles. The highest BCUT2D eigenvalue weighted by atomic mass is 32.1. The van der Waals surface area contributed by atoms with Crippen LogP contribution in [0.25, 0.3) is 0 Å². The SMILES string of the molecule is CC(C)c1nnc(NC(=O)NCC(c2ccco2)N2CCCC2)s1. The number of amides is 2. The van der Waals surface area contributed by atoms with Crippen molar-refractivity contribution < 1.29 is 9.21 Å². The quantitative estimate of drug-likeness (QED) is 0.837. The fraction of sp³-hybridized carbons (Fsp3) is 0.562. The van der Waals surface area contributed by atoms with Crippen LogP contribution in [0.5, 0.6) is 0 Å². The number of rotatable bonds is 6. The lowest BCUT2D eigenvalue weighted by Crippen LogP contribution is -2.38. The molecule has 0 spiro atoms. The molecular formula is C16H23N5O2S. The van der Waals surface area contributed by atoms with Gasteiger partial charge >= 0.3 is 6.03 Å². The Balaban J connectivity index is 1.56. The van der Waals surface area contributed by atoms with Crippen LogP contribution in [0.1, 0.15) is 49.4 Å². The van der Waals surface area contributed by atoms with Gasteiger partial charge in [0.25, 0.3) is 0 Å². The first-order valence-electron chi connectivity index (χ1n) is 8.29. The number of anilines is 1. The van der Waals surface area contributed by atoms with E-state index in [1.54, 1.807) is 6.26 Å². The molecular weight excluding hydrogens is 326 g/mol. The van der Waals surface area contributed by atoms with E-state index in [2.05, 4.69) is 25.7 Å². The highest BCUT2D eigenvalue weighted by Gasteiger charge is 2.26. The number of likely N-dealkylation sites (tertiary alicyclic amines) is 1. The number of carbonyl (C=O) groups is 1. The summed E-state index contributed by atoms with van der Waals surface area (Å²) in [7, 11) is 0. The average Bonchev–Trinajstić information content (AvgIpc) is 3.30. The Bertz CT molecular complexity index is 649. The minimum Gasteiger partial charge on any atom is -0.468 e. The van der Waals surface area contributed by atoms with Crippen molar-refractivity contribution in [2.45, 2.75) is 38.6 Å². The van der Waals surface area contributed by atoms with Crippen molar-refractivity contribution in [3.63, 3.8) is 0 Å². The summed E-state index contributed by atoms with van der Waals surface area (Å²) in [6.07, 6.45) is 4.05. The van der Waals surface area contributed by atoms with Crippen molar-refractivity contribution in [2.75, 3.05) is 25.0 Å². The van der Waals surface area contributed by atoms with Gasteiger partial charge in [-0.05, 0) is 38.1 Å². The van der Waals surface area contributed by atoms with Gasteiger partial charge < -0.3 is 9.73 Å². The predicted molar refractivity (Wildman–Crippen MR) is 93.3 cm³/mol. The molecule has 2 N–H and O–H groups in total. The minimum absolute atomic E-state index is 0.0638. The molecule has 24 heavy (non-hydrogen) atoms. The van der Waals surface area contributed by atoms with Gasteiger partial charge in [-0.15, -0.1) is 10.2 Å². The standard InChI is InChI=1S/C16H23N5O2S/c1-11(2)14-19-20-16(24-14)18-15(22)17-10-12(13-6-5-9-23-13)21-7-3-4-8-21/h5-6,9,11-12H,3-4,7-8,10H2,1-2H3,(H2,17,18,20,22). The fourth-order valence-corrected chi connectivity index (χ4v) is 3.53. The summed E-state index contributed by atoms with van der Waals surface area (Å²) in [5.74, 6) is 1.19. The molecule has 0 aromatic carbocycles. The normalized spacial score (nSPS) is 16.5. The van der Waals surface area contributed by atoms with Crippen LogP contribution in [0, 0.1) is 0 Å². The summed E-state index contributed by atoms with van der Waals surface area (Å²) in [6, 6.07) is 3.64. The van der Waals surface area contributed by atoms with E-state index in [0.29, 0.717) is 17.6 Å². The number of hydrogen-bond acceptors (Lipinski definition) is 6. The first kappa shape index (κ1) is 16.9. The summed E-state index contributed by atoms with van der Waals surface area (Å²) in [5.41, 5.74) is 0. The second-order valence-electron chi connectivity index (χ2n) is 6.21. The molecule has 2 amide bonds. The summed E-state index contributed by atoms with van der Waals surface area (Å²) in [4.78, 5) is 14.5.